The van der Waals surface area contributed by atoms with Crippen LogP contribution in [-0.4, -0.2) is 59.9 Å². The fraction of sp³-hybridized carbons (Fsp3) is 0.692. The number of aromatic nitrogens is 2. The first-order chi connectivity index (χ1) is 10.3. The molecule has 0 radical (unpaired) electrons. The van der Waals surface area contributed by atoms with Crippen molar-refractivity contribution in [2.24, 2.45) is 5.92 Å². The van der Waals surface area contributed by atoms with E-state index in [1.807, 2.05) is 24.1 Å². The van der Waals surface area contributed by atoms with Gasteiger partial charge in [-0.15, -0.1) is 0 Å². The highest BCUT2D eigenvalue weighted by molar-refractivity contribution is 5.92. The van der Waals surface area contributed by atoms with Crippen molar-refractivity contribution in [3.8, 4) is 0 Å². The highest BCUT2D eigenvalue weighted by Crippen LogP contribution is 2.41. The number of amides is 1. The normalized spacial score (nSPS) is 31.0. The molecule has 0 aromatic carbocycles. The van der Waals surface area contributed by atoms with Crippen molar-refractivity contribution >= 4 is 5.91 Å². The lowest BCUT2D eigenvalue weighted by Gasteiger charge is -2.50. The van der Waals surface area contributed by atoms with Crippen LogP contribution in [0.5, 0.6) is 0 Å². The van der Waals surface area contributed by atoms with Crippen molar-refractivity contribution in [2.45, 2.75) is 30.8 Å². The van der Waals surface area contributed by atoms with Gasteiger partial charge in [-0.3, -0.25) is 9.89 Å². The van der Waals surface area contributed by atoms with Crippen molar-refractivity contribution in [3.63, 3.8) is 0 Å². The highest BCUT2D eigenvalue weighted by atomic mass is 19.4. The molecule has 0 spiro atoms. The number of ether oxygens (including phenoxy) is 1. The van der Waals surface area contributed by atoms with Gasteiger partial charge in [-0.25, -0.2) is 0 Å². The molecule has 122 valence electrons. The number of aromatic amines is 1. The SMILES string of the molecule is CN(C)[C@@H]1[C@@H](NC(=O)c2cc(C(F)(F)F)[nH]n2)[C@H]2CCO[C@H]21. The van der Waals surface area contributed by atoms with E-state index in [1.165, 1.54) is 0 Å². The van der Waals surface area contributed by atoms with Crippen LogP contribution in [0.4, 0.5) is 13.2 Å². The topological polar surface area (TPSA) is 70.2 Å². The van der Waals surface area contributed by atoms with E-state index in [9.17, 15) is 18.0 Å². The van der Waals surface area contributed by atoms with Gasteiger partial charge in [0, 0.05) is 18.6 Å². The van der Waals surface area contributed by atoms with Crippen LogP contribution < -0.4 is 5.32 Å². The van der Waals surface area contributed by atoms with Crippen LogP contribution in [-0.2, 0) is 10.9 Å². The molecule has 0 bridgehead atoms. The summed E-state index contributed by atoms with van der Waals surface area (Å²) in [5.41, 5.74) is -1.29. The minimum Gasteiger partial charge on any atom is -0.376 e. The quantitative estimate of drug-likeness (QED) is 0.868. The van der Waals surface area contributed by atoms with E-state index in [4.69, 9.17) is 4.74 Å². The first kappa shape index (κ1) is 15.3. The number of carbonyl (C=O) groups is 1. The average molecular weight is 318 g/mol. The molecule has 1 saturated heterocycles. The molecule has 1 aromatic heterocycles. The molecular weight excluding hydrogens is 301 g/mol. The predicted molar refractivity (Wildman–Crippen MR) is 70.2 cm³/mol. The largest absolute Gasteiger partial charge is 0.432 e. The lowest BCUT2D eigenvalue weighted by Crippen LogP contribution is -2.69. The minimum atomic E-state index is -4.54. The second-order valence-electron chi connectivity index (χ2n) is 5.91. The highest BCUT2D eigenvalue weighted by Gasteiger charge is 2.55. The van der Waals surface area contributed by atoms with Crippen molar-refractivity contribution in [1.82, 2.24) is 20.4 Å². The van der Waals surface area contributed by atoms with Crippen LogP contribution in [0, 0.1) is 5.92 Å². The molecule has 6 nitrogen and oxygen atoms in total. The van der Waals surface area contributed by atoms with Crippen LogP contribution in [0.3, 0.4) is 0 Å². The van der Waals surface area contributed by atoms with Gasteiger partial charge >= 0.3 is 6.18 Å². The summed E-state index contributed by atoms with van der Waals surface area (Å²) in [6.45, 7) is 0.646. The second kappa shape index (κ2) is 5.24. The van der Waals surface area contributed by atoms with Crippen LogP contribution in [0.2, 0.25) is 0 Å². The Morgan fingerprint density at radius 1 is 1.50 bits per heavy atom. The monoisotopic (exact) mass is 318 g/mol. The number of fused-ring (bicyclic) bond motifs is 1. The molecule has 9 heteroatoms. The Hall–Kier alpha value is -1.61. The molecule has 1 aliphatic heterocycles. The number of hydrogen-bond acceptors (Lipinski definition) is 4. The molecule has 1 saturated carbocycles. The van der Waals surface area contributed by atoms with E-state index in [2.05, 4.69) is 10.4 Å². The smallest absolute Gasteiger partial charge is 0.376 e. The zero-order valence-electron chi connectivity index (χ0n) is 12.1. The molecule has 0 unspecified atom stereocenters. The van der Waals surface area contributed by atoms with Gasteiger partial charge in [0.05, 0.1) is 18.2 Å². The lowest BCUT2D eigenvalue weighted by atomic mass is 9.71. The Morgan fingerprint density at radius 2 is 2.23 bits per heavy atom. The van der Waals surface area contributed by atoms with Gasteiger partial charge in [-0.1, -0.05) is 0 Å². The van der Waals surface area contributed by atoms with Crippen molar-refractivity contribution in [2.75, 3.05) is 20.7 Å². The number of carbonyl (C=O) groups excluding carboxylic acids is 1. The Kier molecular flexibility index (Phi) is 3.64. The van der Waals surface area contributed by atoms with Crippen molar-refractivity contribution in [1.29, 1.82) is 0 Å². The third kappa shape index (κ3) is 2.48. The maximum absolute atomic E-state index is 12.5. The predicted octanol–water partition coefficient (Wildman–Crippen LogP) is 0.876. The Labute approximate surface area is 125 Å². The van der Waals surface area contributed by atoms with Gasteiger partial charge in [0.1, 0.15) is 5.69 Å². The standard InChI is InChI=1S/C13H17F3N4O2/c1-20(2)10-9(6-3-4-22-11(6)10)17-12(21)7-5-8(19-18-7)13(14,15)16/h5-6,9-11H,3-4H2,1-2H3,(H,17,21)(H,18,19)/t6-,9+,10-,11-/m1/s1. The van der Waals surface area contributed by atoms with E-state index in [1.54, 1.807) is 0 Å². The molecule has 1 aliphatic carbocycles. The van der Waals surface area contributed by atoms with Gasteiger partial charge in [0.15, 0.2) is 5.69 Å². The van der Waals surface area contributed by atoms with E-state index < -0.39 is 17.8 Å². The first-order valence-corrected chi connectivity index (χ1v) is 7.00. The molecular formula is C13H17F3N4O2. The number of likely N-dealkylation sites (N-methyl/N-ethyl adjacent to an activating group) is 1. The van der Waals surface area contributed by atoms with Crippen LogP contribution in [0.25, 0.3) is 0 Å². The van der Waals surface area contributed by atoms with Gasteiger partial charge in [-0.2, -0.15) is 18.3 Å². The van der Waals surface area contributed by atoms with Crippen LogP contribution in [0.15, 0.2) is 6.07 Å². The maximum Gasteiger partial charge on any atom is 0.432 e. The third-order valence-corrected chi connectivity index (χ3v) is 4.36. The lowest BCUT2D eigenvalue weighted by molar-refractivity contribution is -0.141. The molecule has 22 heavy (non-hydrogen) atoms. The van der Waals surface area contributed by atoms with Crippen LogP contribution >= 0.6 is 0 Å². The molecule has 4 atom stereocenters. The van der Waals surface area contributed by atoms with E-state index in [0.29, 0.717) is 6.61 Å². The minimum absolute atomic E-state index is 0.0254. The molecule has 2 aliphatic rings. The Bertz CT molecular complexity index is 572. The van der Waals surface area contributed by atoms with Gasteiger partial charge in [0.2, 0.25) is 0 Å². The van der Waals surface area contributed by atoms with E-state index in [0.717, 1.165) is 12.5 Å². The van der Waals surface area contributed by atoms with Crippen molar-refractivity contribution in [3.05, 3.63) is 17.5 Å². The number of rotatable bonds is 3. The summed E-state index contributed by atoms with van der Waals surface area (Å²) in [6.07, 6.45) is -3.63. The molecule has 3 rings (SSSR count). The Morgan fingerprint density at radius 3 is 2.82 bits per heavy atom. The van der Waals surface area contributed by atoms with Gasteiger partial charge in [0.25, 0.3) is 5.91 Å². The number of H-pyrrole nitrogens is 1. The number of hydrogen-bond donors (Lipinski definition) is 2. The number of alkyl halides is 3. The molecule has 2 N–H and O–H groups in total. The summed E-state index contributed by atoms with van der Waals surface area (Å²) in [6, 6.07) is 0.611. The number of nitrogens with zero attached hydrogens (tertiary/aromatic N) is 2. The van der Waals surface area contributed by atoms with Crippen molar-refractivity contribution < 1.29 is 22.7 Å². The molecule has 2 heterocycles. The fourth-order valence-corrected chi connectivity index (χ4v) is 3.29. The van der Waals surface area contributed by atoms with E-state index >= 15 is 0 Å². The molecule has 1 aromatic rings. The summed E-state index contributed by atoms with van der Waals surface area (Å²) in [4.78, 5) is 14.1. The summed E-state index contributed by atoms with van der Waals surface area (Å²) >= 11 is 0. The molecule has 2 fully saturated rings. The summed E-state index contributed by atoms with van der Waals surface area (Å²) in [5, 5.41) is 8.08. The van der Waals surface area contributed by atoms with E-state index in [-0.39, 0.29) is 29.8 Å². The third-order valence-electron chi connectivity index (χ3n) is 4.36. The van der Waals surface area contributed by atoms with Crippen LogP contribution in [0.1, 0.15) is 22.6 Å². The summed E-state index contributed by atoms with van der Waals surface area (Å²) < 4.78 is 43.2. The summed E-state index contributed by atoms with van der Waals surface area (Å²) in [5.74, 6) is -0.397. The first-order valence-electron chi connectivity index (χ1n) is 7.00. The average Bonchev–Trinajstić information content (AvgIpc) is 3.01. The summed E-state index contributed by atoms with van der Waals surface area (Å²) in [7, 11) is 3.77. The molecule has 1 amide bonds. The zero-order chi connectivity index (χ0) is 16.1. The fourth-order valence-electron chi connectivity index (χ4n) is 3.29. The van der Waals surface area contributed by atoms with Gasteiger partial charge < -0.3 is 15.0 Å². The Balaban J connectivity index is 1.70. The number of nitrogens with one attached hydrogen (secondary N) is 2. The zero-order valence-corrected chi connectivity index (χ0v) is 12.1. The maximum atomic E-state index is 12.5. The second-order valence-corrected chi connectivity index (χ2v) is 5.91. The number of halogens is 3. The van der Waals surface area contributed by atoms with Gasteiger partial charge in [-0.05, 0) is 20.5 Å².